The van der Waals surface area contributed by atoms with Gasteiger partial charge in [-0.2, -0.15) is 0 Å². The fraction of sp³-hybridized carbons (Fsp3) is 0.381. The Morgan fingerprint density at radius 3 is 2.69 bits per heavy atom. The molecule has 0 radical (unpaired) electrons. The van der Waals surface area contributed by atoms with E-state index >= 15 is 0 Å². The molecule has 2 aromatic heterocycles. The Balaban J connectivity index is 1.38. The standard InChI is InChI=1S/C21H26N4OS3/c1-15(10-11-17-7-4-3-5-8-17)23-19(26)16(2)28-21-25-24-20(29-21)22-13-12-18-9-6-14-27-18/h3-9,14-16H,10-13H2,1-2H3,(H,22,24)(H,23,26). The van der Waals surface area contributed by atoms with Gasteiger partial charge in [0.05, 0.1) is 5.25 Å². The van der Waals surface area contributed by atoms with Gasteiger partial charge in [0, 0.05) is 17.5 Å². The van der Waals surface area contributed by atoms with Gasteiger partial charge >= 0.3 is 0 Å². The highest BCUT2D eigenvalue weighted by molar-refractivity contribution is 8.02. The Hall–Kier alpha value is -1.90. The van der Waals surface area contributed by atoms with Crippen molar-refractivity contribution in [3.05, 3.63) is 58.3 Å². The fourth-order valence-corrected chi connectivity index (χ4v) is 5.38. The van der Waals surface area contributed by atoms with Gasteiger partial charge < -0.3 is 10.6 Å². The first-order valence-electron chi connectivity index (χ1n) is 9.71. The number of aromatic nitrogens is 2. The molecule has 1 aromatic carbocycles. The zero-order valence-corrected chi connectivity index (χ0v) is 19.1. The SMILES string of the molecule is CC(CCc1ccccc1)NC(=O)C(C)Sc1nnc(NCCc2cccs2)s1. The minimum atomic E-state index is -0.207. The Bertz CT molecular complexity index is 867. The van der Waals surface area contributed by atoms with Gasteiger partial charge in [0.1, 0.15) is 0 Å². The quantitative estimate of drug-likeness (QED) is 0.411. The van der Waals surface area contributed by atoms with E-state index < -0.39 is 0 Å². The zero-order chi connectivity index (χ0) is 20.5. The lowest BCUT2D eigenvalue weighted by Crippen LogP contribution is -2.37. The van der Waals surface area contributed by atoms with Crippen LogP contribution in [0.4, 0.5) is 5.13 Å². The zero-order valence-electron chi connectivity index (χ0n) is 16.6. The summed E-state index contributed by atoms with van der Waals surface area (Å²) in [5, 5.41) is 17.5. The normalized spacial score (nSPS) is 13.0. The highest BCUT2D eigenvalue weighted by Gasteiger charge is 2.18. The van der Waals surface area contributed by atoms with E-state index in [-0.39, 0.29) is 17.2 Å². The van der Waals surface area contributed by atoms with E-state index in [4.69, 9.17) is 0 Å². The lowest BCUT2D eigenvalue weighted by atomic mass is 10.1. The van der Waals surface area contributed by atoms with Crippen LogP contribution in [0.1, 0.15) is 30.7 Å². The van der Waals surface area contributed by atoms with E-state index in [1.807, 2.05) is 25.1 Å². The summed E-state index contributed by atoms with van der Waals surface area (Å²) in [5.41, 5.74) is 1.30. The summed E-state index contributed by atoms with van der Waals surface area (Å²) < 4.78 is 0.809. The molecule has 154 valence electrons. The third-order valence-corrected chi connectivity index (χ3v) is 7.38. The van der Waals surface area contributed by atoms with Crippen LogP contribution in [0.15, 0.2) is 52.2 Å². The van der Waals surface area contributed by atoms with E-state index in [1.165, 1.54) is 33.5 Å². The molecule has 0 spiro atoms. The van der Waals surface area contributed by atoms with Gasteiger partial charge in [0.15, 0.2) is 4.34 Å². The fourth-order valence-electron chi connectivity index (χ4n) is 2.74. The van der Waals surface area contributed by atoms with Gasteiger partial charge in [-0.25, -0.2) is 0 Å². The highest BCUT2D eigenvalue weighted by Crippen LogP contribution is 2.29. The van der Waals surface area contributed by atoms with Crippen molar-refractivity contribution < 1.29 is 4.79 Å². The Morgan fingerprint density at radius 2 is 1.93 bits per heavy atom. The Morgan fingerprint density at radius 1 is 1.10 bits per heavy atom. The van der Waals surface area contributed by atoms with Crippen molar-refractivity contribution in [2.24, 2.45) is 0 Å². The topological polar surface area (TPSA) is 66.9 Å². The first-order valence-corrected chi connectivity index (χ1v) is 12.3. The maximum atomic E-state index is 12.5. The first-order chi connectivity index (χ1) is 14.1. The Kier molecular flexibility index (Phi) is 8.52. The number of nitrogens with one attached hydrogen (secondary N) is 2. The molecule has 0 aliphatic rings. The summed E-state index contributed by atoms with van der Waals surface area (Å²) in [4.78, 5) is 13.8. The molecule has 2 N–H and O–H groups in total. The minimum Gasteiger partial charge on any atom is -0.360 e. The molecule has 3 rings (SSSR count). The average Bonchev–Trinajstić information content (AvgIpc) is 3.39. The molecule has 0 aliphatic heterocycles. The lowest BCUT2D eigenvalue weighted by Gasteiger charge is -2.16. The van der Waals surface area contributed by atoms with Gasteiger partial charge in [-0.3, -0.25) is 4.79 Å². The van der Waals surface area contributed by atoms with Gasteiger partial charge in [0.2, 0.25) is 11.0 Å². The molecule has 0 saturated heterocycles. The number of anilines is 1. The van der Waals surface area contributed by atoms with E-state index in [0.29, 0.717) is 0 Å². The number of carbonyl (C=O) groups excluding carboxylic acids is 1. The van der Waals surface area contributed by atoms with E-state index in [1.54, 1.807) is 11.3 Å². The second-order valence-electron chi connectivity index (χ2n) is 6.82. The van der Waals surface area contributed by atoms with Crippen molar-refractivity contribution in [2.75, 3.05) is 11.9 Å². The molecule has 5 nitrogen and oxygen atoms in total. The summed E-state index contributed by atoms with van der Waals surface area (Å²) in [6, 6.07) is 14.7. The number of hydrogen-bond acceptors (Lipinski definition) is 7. The summed E-state index contributed by atoms with van der Waals surface area (Å²) in [6.45, 7) is 4.79. The molecular formula is C21H26N4OS3. The van der Waals surface area contributed by atoms with Crippen molar-refractivity contribution >= 4 is 45.5 Å². The number of hydrogen-bond donors (Lipinski definition) is 2. The highest BCUT2D eigenvalue weighted by atomic mass is 32.2. The Labute approximate surface area is 184 Å². The van der Waals surface area contributed by atoms with Crippen LogP contribution >= 0.6 is 34.4 Å². The molecule has 0 aliphatic carbocycles. The molecular weight excluding hydrogens is 420 g/mol. The van der Waals surface area contributed by atoms with Crippen LogP contribution in [0.3, 0.4) is 0 Å². The monoisotopic (exact) mass is 446 g/mol. The largest absolute Gasteiger partial charge is 0.360 e. The number of thioether (sulfide) groups is 1. The third-order valence-electron chi connectivity index (χ3n) is 4.38. The molecule has 2 unspecified atom stereocenters. The van der Waals surface area contributed by atoms with Gasteiger partial charge in [-0.1, -0.05) is 59.5 Å². The average molecular weight is 447 g/mol. The summed E-state index contributed by atoms with van der Waals surface area (Å²) in [5.74, 6) is 0.0398. The molecule has 2 atom stereocenters. The van der Waals surface area contributed by atoms with Gasteiger partial charge in [-0.15, -0.1) is 21.5 Å². The van der Waals surface area contributed by atoms with Crippen LogP contribution in [-0.4, -0.2) is 33.9 Å². The number of aryl methyl sites for hydroxylation is 1. The molecule has 0 bridgehead atoms. The van der Waals surface area contributed by atoms with E-state index in [9.17, 15) is 4.79 Å². The van der Waals surface area contributed by atoms with Crippen molar-refractivity contribution in [1.29, 1.82) is 0 Å². The summed E-state index contributed by atoms with van der Waals surface area (Å²) in [6.07, 6.45) is 2.85. The summed E-state index contributed by atoms with van der Waals surface area (Å²) in [7, 11) is 0. The van der Waals surface area contributed by atoms with Crippen LogP contribution in [0.2, 0.25) is 0 Å². The van der Waals surface area contributed by atoms with Crippen LogP contribution in [0, 0.1) is 0 Å². The molecule has 8 heteroatoms. The molecule has 0 saturated carbocycles. The van der Waals surface area contributed by atoms with E-state index in [0.717, 1.165) is 35.3 Å². The number of carbonyl (C=O) groups is 1. The number of rotatable bonds is 11. The van der Waals surface area contributed by atoms with Crippen molar-refractivity contribution in [3.8, 4) is 0 Å². The molecule has 3 aromatic rings. The molecule has 29 heavy (non-hydrogen) atoms. The maximum Gasteiger partial charge on any atom is 0.233 e. The molecule has 2 heterocycles. The molecule has 0 fully saturated rings. The maximum absolute atomic E-state index is 12.5. The molecule has 1 amide bonds. The number of amides is 1. The van der Waals surface area contributed by atoms with Crippen molar-refractivity contribution in [3.63, 3.8) is 0 Å². The number of thiophene rings is 1. The van der Waals surface area contributed by atoms with Crippen molar-refractivity contribution in [2.45, 2.75) is 48.7 Å². The smallest absolute Gasteiger partial charge is 0.233 e. The lowest BCUT2D eigenvalue weighted by molar-refractivity contribution is -0.120. The van der Waals surface area contributed by atoms with Gasteiger partial charge in [-0.05, 0) is 50.1 Å². The van der Waals surface area contributed by atoms with Crippen LogP contribution in [0.5, 0.6) is 0 Å². The number of nitrogens with zero attached hydrogens (tertiary/aromatic N) is 2. The first kappa shape index (κ1) is 21.8. The second-order valence-corrected chi connectivity index (χ2v) is 10.4. The number of benzene rings is 1. The van der Waals surface area contributed by atoms with E-state index in [2.05, 4.69) is 57.4 Å². The second kappa shape index (κ2) is 11.3. The predicted octanol–water partition coefficient (Wildman–Crippen LogP) is 4.87. The summed E-state index contributed by atoms with van der Waals surface area (Å²) >= 11 is 4.71. The van der Waals surface area contributed by atoms with Crippen LogP contribution in [0.25, 0.3) is 0 Å². The van der Waals surface area contributed by atoms with Crippen molar-refractivity contribution in [1.82, 2.24) is 15.5 Å². The minimum absolute atomic E-state index is 0.0398. The van der Waals surface area contributed by atoms with Gasteiger partial charge in [0.25, 0.3) is 0 Å². The third kappa shape index (κ3) is 7.45. The predicted molar refractivity (Wildman–Crippen MR) is 124 cm³/mol. The van der Waals surface area contributed by atoms with Crippen LogP contribution < -0.4 is 10.6 Å². The van der Waals surface area contributed by atoms with Crippen LogP contribution in [-0.2, 0) is 17.6 Å².